The highest BCUT2D eigenvalue weighted by atomic mass is 35.5. The van der Waals surface area contributed by atoms with Crippen molar-refractivity contribution < 1.29 is 4.74 Å². The van der Waals surface area contributed by atoms with Gasteiger partial charge in [-0.25, -0.2) is 0 Å². The third-order valence-electron chi connectivity index (χ3n) is 3.30. The Balaban J connectivity index is 1.76. The minimum Gasteiger partial charge on any atom is -0.484 e. The molecular formula is C15H15ClN4OS. The molecular weight excluding hydrogens is 320 g/mol. The van der Waals surface area contributed by atoms with Crippen molar-refractivity contribution in [3.05, 3.63) is 35.1 Å². The van der Waals surface area contributed by atoms with E-state index in [9.17, 15) is 0 Å². The molecule has 1 atom stereocenters. The van der Waals surface area contributed by atoms with Crippen LogP contribution in [0.15, 0.2) is 29.4 Å². The molecule has 5 nitrogen and oxygen atoms in total. The minimum absolute atomic E-state index is 0.154. The van der Waals surface area contributed by atoms with Crippen molar-refractivity contribution >= 4 is 23.4 Å². The second-order valence-corrected chi connectivity index (χ2v) is 6.82. The van der Waals surface area contributed by atoms with Crippen LogP contribution in [-0.4, -0.2) is 20.0 Å². The van der Waals surface area contributed by atoms with Crippen LogP contribution in [0.4, 0.5) is 0 Å². The fourth-order valence-corrected chi connectivity index (χ4v) is 3.09. The van der Waals surface area contributed by atoms with Crippen LogP contribution in [0.5, 0.6) is 5.75 Å². The molecule has 1 fully saturated rings. The Labute approximate surface area is 138 Å². The van der Waals surface area contributed by atoms with Gasteiger partial charge in [-0.2, -0.15) is 5.26 Å². The van der Waals surface area contributed by atoms with E-state index in [2.05, 4.69) is 20.8 Å². The normalized spacial score (nSPS) is 15.3. The molecule has 0 bridgehead atoms. The van der Waals surface area contributed by atoms with E-state index in [1.54, 1.807) is 6.07 Å². The van der Waals surface area contributed by atoms with Gasteiger partial charge >= 0.3 is 0 Å². The molecule has 22 heavy (non-hydrogen) atoms. The van der Waals surface area contributed by atoms with Gasteiger partial charge < -0.3 is 4.74 Å². The number of thioether (sulfide) groups is 1. The molecule has 1 aromatic heterocycles. The average Bonchev–Trinajstić information content (AvgIpc) is 3.28. The van der Waals surface area contributed by atoms with E-state index in [0.29, 0.717) is 23.4 Å². The first-order valence-corrected chi connectivity index (χ1v) is 8.32. The predicted octanol–water partition coefficient (Wildman–Crippen LogP) is 3.85. The molecule has 2 aromatic rings. The number of ether oxygens (including phenoxy) is 1. The van der Waals surface area contributed by atoms with Gasteiger partial charge in [0.25, 0.3) is 0 Å². The van der Waals surface area contributed by atoms with Gasteiger partial charge in [0, 0.05) is 6.04 Å². The van der Waals surface area contributed by atoms with E-state index < -0.39 is 0 Å². The highest BCUT2D eigenvalue weighted by Gasteiger charge is 2.30. The first-order valence-electron chi connectivity index (χ1n) is 7.06. The zero-order chi connectivity index (χ0) is 15.5. The Morgan fingerprint density at radius 3 is 2.91 bits per heavy atom. The third-order valence-corrected chi connectivity index (χ3v) is 4.56. The molecule has 0 radical (unpaired) electrons. The number of nitrogens with zero attached hydrogens (tertiary/aromatic N) is 4. The zero-order valence-electron chi connectivity index (χ0n) is 12.1. The van der Waals surface area contributed by atoms with Gasteiger partial charge in [-0.05, 0) is 31.9 Å². The largest absolute Gasteiger partial charge is 0.484 e. The van der Waals surface area contributed by atoms with Gasteiger partial charge in [-0.3, -0.25) is 4.57 Å². The van der Waals surface area contributed by atoms with Gasteiger partial charge in [0.15, 0.2) is 11.0 Å². The monoisotopic (exact) mass is 334 g/mol. The number of aromatic nitrogens is 3. The SMILES string of the molecule is C[C@@H](C#N)Sc1nnc(COc2ccccc2Cl)n1C1CC1. The fraction of sp³-hybridized carbons (Fsp3) is 0.400. The quantitative estimate of drug-likeness (QED) is 0.751. The molecule has 0 saturated heterocycles. The van der Waals surface area contributed by atoms with Crippen molar-refractivity contribution in [2.24, 2.45) is 0 Å². The number of hydrogen-bond acceptors (Lipinski definition) is 5. The Morgan fingerprint density at radius 2 is 2.23 bits per heavy atom. The highest BCUT2D eigenvalue weighted by molar-refractivity contribution is 8.00. The molecule has 1 heterocycles. The number of halogens is 1. The first-order chi connectivity index (χ1) is 10.7. The second-order valence-electron chi connectivity index (χ2n) is 5.11. The summed E-state index contributed by atoms with van der Waals surface area (Å²) in [6.45, 7) is 2.17. The molecule has 1 saturated carbocycles. The maximum atomic E-state index is 8.96. The number of para-hydroxylation sites is 1. The Hall–Kier alpha value is -1.71. The topological polar surface area (TPSA) is 63.7 Å². The molecule has 0 unspecified atom stereocenters. The summed E-state index contributed by atoms with van der Waals surface area (Å²) in [7, 11) is 0. The molecule has 114 valence electrons. The number of rotatable bonds is 6. The highest BCUT2D eigenvalue weighted by Crippen LogP contribution is 2.39. The summed E-state index contributed by atoms with van der Waals surface area (Å²) in [6, 6.07) is 9.99. The molecule has 0 spiro atoms. The van der Waals surface area contributed by atoms with Crippen molar-refractivity contribution in [1.82, 2.24) is 14.8 Å². The van der Waals surface area contributed by atoms with Gasteiger partial charge in [0.05, 0.1) is 16.3 Å². The van der Waals surface area contributed by atoms with Crippen LogP contribution < -0.4 is 4.74 Å². The van der Waals surface area contributed by atoms with E-state index in [1.165, 1.54) is 11.8 Å². The van der Waals surface area contributed by atoms with Gasteiger partial charge in [0.1, 0.15) is 12.4 Å². The number of benzene rings is 1. The molecule has 0 amide bonds. The van der Waals surface area contributed by atoms with Crippen LogP contribution in [-0.2, 0) is 6.61 Å². The molecule has 0 aliphatic heterocycles. The molecule has 7 heteroatoms. The molecule has 1 aliphatic rings. The summed E-state index contributed by atoms with van der Waals surface area (Å²) in [4.78, 5) is 0. The lowest BCUT2D eigenvalue weighted by molar-refractivity contribution is 0.288. The van der Waals surface area contributed by atoms with Crippen LogP contribution in [0.25, 0.3) is 0 Å². The van der Waals surface area contributed by atoms with E-state index in [0.717, 1.165) is 23.8 Å². The molecule has 1 aromatic carbocycles. The summed E-state index contributed by atoms with van der Waals surface area (Å²) in [5, 5.41) is 18.6. The summed E-state index contributed by atoms with van der Waals surface area (Å²) in [5.41, 5.74) is 0. The summed E-state index contributed by atoms with van der Waals surface area (Å²) < 4.78 is 7.85. The van der Waals surface area contributed by atoms with Crippen LogP contribution in [0.2, 0.25) is 5.02 Å². The zero-order valence-corrected chi connectivity index (χ0v) is 13.6. The summed E-state index contributed by atoms with van der Waals surface area (Å²) >= 11 is 7.52. The van der Waals surface area contributed by atoms with Gasteiger partial charge in [-0.1, -0.05) is 35.5 Å². The number of hydrogen-bond donors (Lipinski definition) is 0. The summed E-state index contributed by atoms with van der Waals surface area (Å²) in [6.07, 6.45) is 2.23. The van der Waals surface area contributed by atoms with Crippen molar-refractivity contribution in [3.63, 3.8) is 0 Å². The Morgan fingerprint density at radius 1 is 1.45 bits per heavy atom. The van der Waals surface area contributed by atoms with E-state index in [-0.39, 0.29) is 5.25 Å². The van der Waals surface area contributed by atoms with E-state index in [4.69, 9.17) is 21.6 Å². The van der Waals surface area contributed by atoms with Crippen molar-refractivity contribution in [1.29, 1.82) is 5.26 Å². The van der Waals surface area contributed by atoms with E-state index in [1.807, 2.05) is 25.1 Å². The lowest BCUT2D eigenvalue weighted by Crippen LogP contribution is -2.08. The van der Waals surface area contributed by atoms with Crippen molar-refractivity contribution in [2.45, 2.75) is 42.8 Å². The van der Waals surface area contributed by atoms with Gasteiger partial charge in [0.2, 0.25) is 0 Å². The molecule has 3 rings (SSSR count). The third kappa shape index (κ3) is 3.37. The van der Waals surface area contributed by atoms with Crippen molar-refractivity contribution in [3.8, 4) is 11.8 Å². The predicted molar refractivity (Wildman–Crippen MR) is 85.0 cm³/mol. The second kappa shape index (κ2) is 6.59. The molecule has 0 N–H and O–H groups in total. The number of nitriles is 1. The van der Waals surface area contributed by atoms with Crippen LogP contribution in [0.3, 0.4) is 0 Å². The van der Waals surface area contributed by atoms with Crippen molar-refractivity contribution in [2.75, 3.05) is 0 Å². The lowest BCUT2D eigenvalue weighted by atomic mass is 10.3. The standard InChI is InChI=1S/C15H15ClN4OS/c1-10(8-17)22-15-19-18-14(20(15)11-6-7-11)9-21-13-5-3-2-4-12(13)16/h2-5,10-11H,6-7,9H2,1H3/t10-/m0/s1. The average molecular weight is 335 g/mol. The smallest absolute Gasteiger partial charge is 0.192 e. The minimum atomic E-state index is -0.154. The Kier molecular flexibility index (Phi) is 4.55. The van der Waals surface area contributed by atoms with Crippen LogP contribution in [0, 0.1) is 11.3 Å². The maximum absolute atomic E-state index is 8.96. The van der Waals surface area contributed by atoms with E-state index >= 15 is 0 Å². The van der Waals surface area contributed by atoms with Crippen LogP contribution >= 0.6 is 23.4 Å². The fourth-order valence-electron chi connectivity index (χ4n) is 2.07. The Bertz CT molecular complexity index is 708. The summed E-state index contributed by atoms with van der Waals surface area (Å²) in [5.74, 6) is 1.41. The maximum Gasteiger partial charge on any atom is 0.192 e. The van der Waals surface area contributed by atoms with Gasteiger partial charge in [-0.15, -0.1) is 10.2 Å². The molecule has 1 aliphatic carbocycles. The lowest BCUT2D eigenvalue weighted by Gasteiger charge is -2.11. The van der Waals surface area contributed by atoms with Crippen LogP contribution in [0.1, 0.15) is 31.6 Å². The first kappa shape index (κ1) is 15.2.